The van der Waals surface area contributed by atoms with Crippen LogP contribution in [0.2, 0.25) is 0 Å². The first kappa shape index (κ1) is 14.7. The first-order valence-corrected chi connectivity index (χ1v) is 15.1. The lowest BCUT2D eigenvalue weighted by Gasteiger charge is -2.16. The summed E-state index contributed by atoms with van der Waals surface area (Å²) in [7, 11) is 0. The highest BCUT2D eigenvalue weighted by Crippen LogP contribution is 2.41. The lowest BCUT2D eigenvalue weighted by Crippen LogP contribution is -2.04. The van der Waals surface area contributed by atoms with E-state index in [9.17, 15) is 4.11 Å². The average molecular weight is 661 g/mol. The molecule has 0 fully saturated rings. The highest BCUT2D eigenvalue weighted by atomic mass is 16.3. The molecule has 234 valence electrons. The highest BCUT2D eigenvalue weighted by molar-refractivity contribution is 6.13. The summed E-state index contributed by atoms with van der Waals surface area (Å²) in [5.41, 5.74) is -1.99. The molecule has 0 atom stereocenters. The van der Waals surface area contributed by atoms with Gasteiger partial charge in [-0.25, -0.2) is 15.0 Å². The fourth-order valence-corrected chi connectivity index (χ4v) is 5.99. The second kappa shape index (κ2) is 11.4. The molecule has 3 aromatic heterocycles. The fraction of sp³-hybridized carbons (Fsp3) is 0. The Balaban J connectivity index is 1.44. The molecule has 0 aliphatic heterocycles. The molecule has 0 N–H and O–H groups in total. The Kier molecular flexibility index (Phi) is 3.36. The van der Waals surface area contributed by atoms with Crippen molar-refractivity contribution in [3.8, 4) is 51.0 Å². The van der Waals surface area contributed by atoms with E-state index in [1.165, 1.54) is 18.2 Å². The molecular weight excluding hydrogens is 613 g/mol. The van der Waals surface area contributed by atoms with Crippen molar-refractivity contribution in [3.63, 3.8) is 0 Å². The Hall–Kier alpha value is -6.85. The van der Waals surface area contributed by atoms with Gasteiger partial charge in [0.2, 0.25) is 0 Å². The lowest BCUT2D eigenvalue weighted by molar-refractivity contribution is 0.669. The Bertz CT molecular complexity index is 3920. The molecule has 0 aliphatic carbocycles. The minimum Gasteiger partial charge on any atom is -0.456 e. The van der Waals surface area contributed by atoms with E-state index in [1.807, 2.05) is 0 Å². The van der Waals surface area contributed by atoms with Gasteiger partial charge < -0.3 is 8.98 Å². The number of nitrogens with zero attached hydrogens (tertiary/aromatic N) is 4. The molecule has 50 heavy (non-hydrogen) atoms. The van der Waals surface area contributed by atoms with Crippen molar-refractivity contribution in [3.05, 3.63) is 169 Å². The summed E-state index contributed by atoms with van der Waals surface area (Å²) in [6.07, 6.45) is 0. The van der Waals surface area contributed by atoms with E-state index < -0.39 is 132 Å². The van der Waals surface area contributed by atoms with Gasteiger partial charge >= 0.3 is 0 Å². The normalized spacial score (nSPS) is 17.2. The van der Waals surface area contributed by atoms with Gasteiger partial charge in [-0.1, -0.05) is 133 Å². The Morgan fingerprint density at radius 3 is 1.84 bits per heavy atom. The number of para-hydroxylation sites is 3. The van der Waals surface area contributed by atoms with E-state index >= 15 is 0 Å². The SMILES string of the molecule is [2H]c1c([2H])c([2H])c(-c2nc(-c3ccccc3)nc(-c3ccc(-c4c([2H])c([2H])c([2H])c5oc6c([2H])c([2H])c([2H])c([2H])c6c45)cc3-n3c4c([2H])c([2H])c([2H])c([2H])c4c4c([2H])c([2H])c([2H])c([2H])c43)n2)c([2H])c1[2H]. The Morgan fingerprint density at radius 2 is 1.08 bits per heavy atom. The summed E-state index contributed by atoms with van der Waals surface area (Å²) in [6, 6.07) is -0.979. The van der Waals surface area contributed by atoms with Crippen LogP contribution < -0.4 is 0 Å². The first-order chi connectivity index (χ1) is 33.1. The number of aromatic nitrogens is 4. The van der Waals surface area contributed by atoms with Crippen molar-refractivity contribution in [2.75, 3.05) is 0 Å². The maximum atomic E-state index is 9.32. The zero-order valence-electron chi connectivity index (χ0n) is 45.3. The molecule has 0 saturated carbocycles. The first-order valence-electron chi connectivity index (χ1n) is 25.1. The molecule has 0 amide bonds. The van der Waals surface area contributed by atoms with Crippen LogP contribution >= 0.6 is 0 Å². The number of fused-ring (bicyclic) bond motifs is 6. The van der Waals surface area contributed by atoms with Crippen LogP contribution in [0.1, 0.15) is 27.4 Å². The van der Waals surface area contributed by atoms with E-state index in [2.05, 4.69) is 9.97 Å². The van der Waals surface area contributed by atoms with E-state index in [0.717, 1.165) is 4.57 Å². The number of benzene rings is 7. The summed E-state index contributed by atoms with van der Waals surface area (Å²) >= 11 is 0. The van der Waals surface area contributed by atoms with Crippen LogP contribution in [0, 0.1) is 0 Å². The third-order valence-corrected chi connectivity index (χ3v) is 8.14. The average Bonchev–Trinajstić information content (AvgIpc) is 3.94. The number of hydrogen-bond acceptors (Lipinski definition) is 4. The Labute approximate surface area is 315 Å². The van der Waals surface area contributed by atoms with E-state index in [-0.39, 0.29) is 77.8 Å². The predicted molar refractivity (Wildman–Crippen MR) is 203 cm³/mol. The molecule has 10 aromatic rings. The third kappa shape index (κ3) is 4.52. The second-order valence-electron chi connectivity index (χ2n) is 10.9. The van der Waals surface area contributed by atoms with E-state index in [4.69, 9.17) is 32.7 Å². The van der Waals surface area contributed by atoms with Crippen molar-refractivity contribution >= 4 is 43.7 Å². The van der Waals surface area contributed by atoms with Gasteiger partial charge in [0, 0.05) is 38.2 Å². The van der Waals surface area contributed by atoms with Crippen LogP contribution in [0.5, 0.6) is 0 Å². The van der Waals surface area contributed by atoms with Gasteiger partial charge in [-0.15, -0.1) is 0 Å². The summed E-state index contributed by atoms with van der Waals surface area (Å²) < 4.78 is 183. The van der Waals surface area contributed by atoms with Crippen LogP contribution in [0.25, 0.3) is 94.7 Å². The van der Waals surface area contributed by atoms with Gasteiger partial charge in [0.05, 0.1) is 44.1 Å². The zero-order valence-corrected chi connectivity index (χ0v) is 25.3. The molecule has 0 aliphatic rings. The molecule has 0 spiro atoms. The highest BCUT2D eigenvalue weighted by Gasteiger charge is 2.21. The summed E-state index contributed by atoms with van der Waals surface area (Å²) in [5.74, 6) is -0.774. The van der Waals surface area contributed by atoms with Gasteiger partial charge in [0.15, 0.2) is 17.5 Å². The minimum absolute atomic E-state index is 0.0304. The van der Waals surface area contributed by atoms with E-state index in [0.29, 0.717) is 5.56 Å². The van der Waals surface area contributed by atoms with Crippen molar-refractivity contribution < 1.29 is 31.8 Å². The van der Waals surface area contributed by atoms with Crippen LogP contribution in [-0.4, -0.2) is 19.5 Å². The number of hydrogen-bond donors (Lipinski definition) is 0. The fourth-order valence-electron chi connectivity index (χ4n) is 5.99. The third-order valence-electron chi connectivity index (χ3n) is 8.14. The van der Waals surface area contributed by atoms with Crippen molar-refractivity contribution in [2.45, 2.75) is 0 Å². The largest absolute Gasteiger partial charge is 0.456 e. The zero-order chi connectivity index (χ0) is 50.4. The van der Waals surface area contributed by atoms with Gasteiger partial charge in [-0.05, 0) is 47.4 Å². The Morgan fingerprint density at radius 1 is 0.460 bits per heavy atom. The van der Waals surface area contributed by atoms with Crippen molar-refractivity contribution in [1.29, 1.82) is 0 Å². The molecule has 0 radical (unpaired) electrons. The summed E-state index contributed by atoms with van der Waals surface area (Å²) in [5, 5.41) is -1.00. The standard InChI is InChI=1S/C45H28N4O/c1-3-14-29(15-4-1)43-46-44(30-16-5-2-6-17-30)48-45(47-43)35-27-26-31(32-21-13-25-41-42(32)36-20-9-12-24-40(36)50-41)28-39(35)49-37-22-10-7-18-33(37)34-19-8-11-23-38(34)49/h1-28H/i1D,3D,4D,7D,8D,9D,10D,11D,12D,13D,14D,15D,18D,19D,20D,21D,22D,23D,24D,25D. The van der Waals surface area contributed by atoms with Crippen molar-refractivity contribution in [2.24, 2.45) is 0 Å². The molecular formula is C45H28N4O. The smallest absolute Gasteiger partial charge is 0.166 e. The lowest BCUT2D eigenvalue weighted by atomic mass is 9.97. The number of rotatable bonds is 5. The van der Waals surface area contributed by atoms with Crippen LogP contribution in [0.3, 0.4) is 0 Å². The summed E-state index contributed by atoms with van der Waals surface area (Å²) in [6.45, 7) is 0. The van der Waals surface area contributed by atoms with Gasteiger partial charge in [0.25, 0.3) is 0 Å². The van der Waals surface area contributed by atoms with Crippen molar-refractivity contribution in [1.82, 2.24) is 19.5 Å². The molecule has 5 nitrogen and oxygen atoms in total. The molecule has 7 aromatic carbocycles. The van der Waals surface area contributed by atoms with Gasteiger partial charge in [-0.2, -0.15) is 0 Å². The van der Waals surface area contributed by atoms with Crippen LogP contribution in [-0.2, 0) is 0 Å². The van der Waals surface area contributed by atoms with Crippen LogP contribution in [0.15, 0.2) is 174 Å². The molecule has 5 heteroatoms. The topological polar surface area (TPSA) is 56.7 Å². The number of furan rings is 1. The molecule has 3 heterocycles. The molecule has 0 bridgehead atoms. The second-order valence-corrected chi connectivity index (χ2v) is 10.9. The maximum absolute atomic E-state index is 9.32. The molecule has 0 saturated heterocycles. The monoisotopic (exact) mass is 660 g/mol. The van der Waals surface area contributed by atoms with E-state index in [1.54, 1.807) is 30.3 Å². The maximum Gasteiger partial charge on any atom is 0.166 e. The van der Waals surface area contributed by atoms with Crippen LogP contribution in [0.4, 0.5) is 0 Å². The van der Waals surface area contributed by atoms with Gasteiger partial charge in [0.1, 0.15) is 11.2 Å². The predicted octanol–water partition coefficient (Wildman–Crippen LogP) is 11.5. The quantitative estimate of drug-likeness (QED) is 0.184. The minimum atomic E-state index is -0.747. The molecule has 0 unspecified atom stereocenters. The van der Waals surface area contributed by atoms with Gasteiger partial charge in [-0.3, -0.25) is 0 Å². The molecule has 10 rings (SSSR count). The summed E-state index contributed by atoms with van der Waals surface area (Å²) in [4.78, 5) is 14.0.